The molecule has 2 aromatic rings. The maximum Gasteiger partial charge on any atom is 0.135 e. The number of rotatable bonds is 6. The van der Waals surface area contributed by atoms with Crippen molar-refractivity contribution >= 4 is 11.5 Å². The molecule has 2 rings (SSSR count). The summed E-state index contributed by atoms with van der Waals surface area (Å²) in [5, 5.41) is 3.51. The van der Waals surface area contributed by atoms with Gasteiger partial charge in [-0.2, -0.15) is 0 Å². The van der Waals surface area contributed by atoms with E-state index in [-0.39, 0.29) is 17.7 Å². The molecule has 0 aromatic heterocycles. The van der Waals surface area contributed by atoms with E-state index in [4.69, 9.17) is 0 Å². The van der Waals surface area contributed by atoms with Gasteiger partial charge in [0.05, 0.1) is 6.04 Å². The first-order chi connectivity index (χ1) is 9.72. The predicted molar refractivity (Wildman–Crippen MR) is 83.7 cm³/mol. The smallest absolute Gasteiger partial charge is 0.135 e. The summed E-state index contributed by atoms with van der Waals surface area (Å²) in [4.78, 5) is 11.9. The van der Waals surface area contributed by atoms with Crippen molar-refractivity contribution in [3.05, 3.63) is 66.2 Å². The molecule has 0 fully saturated rings. The standard InChI is InChI=1S/C18H21NO/c1-3-17(14(2)20)18(15-10-6-4-7-11-15)19-16-12-8-5-9-13-16/h4-13,17-19H,3H2,1-2H3/t17-,18+/m0/s1. The van der Waals surface area contributed by atoms with E-state index in [9.17, 15) is 4.79 Å². The minimum Gasteiger partial charge on any atom is -0.378 e. The van der Waals surface area contributed by atoms with E-state index in [1.165, 1.54) is 0 Å². The zero-order valence-corrected chi connectivity index (χ0v) is 12.0. The van der Waals surface area contributed by atoms with Crippen molar-refractivity contribution in [3.8, 4) is 0 Å². The van der Waals surface area contributed by atoms with Gasteiger partial charge in [-0.05, 0) is 31.0 Å². The fourth-order valence-corrected chi connectivity index (χ4v) is 2.55. The van der Waals surface area contributed by atoms with E-state index in [1.807, 2.05) is 48.5 Å². The molecule has 0 saturated carbocycles. The number of Topliss-reactive ketones (excluding diaryl/α,β-unsaturated/α-hetero) is 1. The van der Waals surface area contributed by atoms with E-state index < -0.39 is 0 Å². The predicted octanol–water partition coefficient (Wildman–Crippen LogP) is 4.46. The average Bonchev–Trinajstić information content (AvgIpc) is 2.48. The second kappa shape index (κ2) is 6.90. The summed E-state index contributed by atoms with van der Waals surface area (Å²) in [6.07, 6.45) is 0.828. The van der Waals surface area contributed by atoms with E-state index in [2.05, 4.69) is 24.4 Å². The molecule has 0 aliphatic carbocycles. The molecular weight excluding hydrogens is 246 g/mol. The maximum absolute atomic E-state index is 11.9. The third-order valence-corrected chi connectivity index (χ3v) is 3.62. The summed E-state index contributed by atoms with van der Waals surface area (Å²) in [6, 6.07) is 20.2. The van der Waals surface area contributed by atoms with Gasteiger partial charge >= 0.3 is 0 Å². The molecule has 0 amide bonds. The van der Waals surface area contributed by atoms with E-state index >= 15 is 0 Å². The Labute approximate surface area is 120 Å². The molecule has 0 unspecified atom stereocenters. The van der Waals surface area contributed by atoms with Crippen molar-refractivity contribution in [2.75, 3.05) is 5.32 Å². The molecule has 2 aromatic carbocycles. The summed E-state index contributed by atoms with van der Waals surface area (Å²) >= 11 is 0. The van der Waals surface area contributed by atoms with Crippen LogP contribution in [0.2, 0.25) is 0 Å². The Bertz CT molecular complexity index is 536. The molecule has 2 heteroatoms. The Balaban J connectivity index is 2.31. The normalized spacial score (nSPS) is 13.5. The van der Waals surface area contributed by atoms with Crippen molar-refractivity contribution < 1.29 is 4.79 Å². The highest BCUT2D eigenvalue weighted by atomic mass is 16.1. The first kappa shape index (κ1) is 14.3. The molecule has 0 aliphatic heterocycles. The van der Waals surface area contributed by atoms with Crippen LogP contribution in [0.5, 0.6) is 0 Å². The number of para-hydroxylation sites is 1. The maximum atomic E-state index is 11.9. The van der Waals surface area contributed by atoms with Crippen LogP contribution in [-0.4, -0.2) is 5.78 Å². The van der Waals surface area contributed by atoms with Gasteiger partial charge in [0.15, 0.2) is 0 Å². The summed E-state index contributed by atoms with van der Waals surface area (Å²) < 4.78 is 0. The third-order valence-electron chi connectivity index (χ3n) is 3.62. The zero-order valence-electron chi connectivity index (χ0n) is 12.0. The number of benzene rings is 2. The molecule has 0 aliphatic rings. The van der Waals surface area contributed by atoms with Crippen LogP contribution < -0.4 is 5.32 Å². The van der Waals surface area contributed by atoms with E-state index in [0.717, 1.165) is 17.7 Å². The number of anilines is 1. The van der Waals surface area contributed by atoms with Crippen molar-refractivity contribution in [2.45, 2.75) is 26.3 Å². The van der Waals surface area contributed by atoms with Crippen LogP contribution in [0.4, 0.5) is 5.69 Å². The van der Waals surface area contributed by atoms with Crippen LogP contribution in [0.1, 0.15) is 31.9 Å². The number of hydrogen-bond acceptors (Lipinski definition) is 2. The molecule has 2 atom stereocenters. The minimum absolute atomic E-state index is 0.0149. The summed E-state index contributed by atoms with van der Waals surface area (Å²) in [5.74, 6) is 0.211. The Morgan fingerprint density at radius 3 is 2.05 bits per heavy atom. The largest absolute Gasteiger partial charge is 0.378 e. The molecule has 1 N–H and O–H groups in total. The monoisotopic (exact) mass is 267 g/mol. The van der Waals surface area contributed by atoms with Gasteiger partial charge in [0, 0.05) is 11.6 Å². The molecule has 0 heterocycles. The molecule has 0 spiro atoms. The van der Waals surface area contributed by atoms with Gasteiger partial charge in [-0.1, -0.05) is 55.5 Å². The van der Waals surface area contributed by atoms with Crippen molar-refractivity contribution in [1.82, 2.24) is 0 Å². The Morgan fingerprint density at radius 1 is 1.00 bits per heavy atom. The topological polar surface area (TPSA) is 29.1 Å². The number of carbonyl (C=O) groups excluding carboxylic acids is 1. The zero-order chi connectivity index (χ0) is 14.4. The highest BCUT2D eigenvalue weighted by Gasteiger charge is 2.25. The molecule has 0 bridgehead atoms. The van der Waals surface area contributed by atoms with Crippen LogP contribution >= 0.6 is 0 Å². The van der Waals surface area contributed by atoms with Crippen LogP contribution in [0, 0.1) is 5.92 Å². The lowest BCUT2D eigenvalue weighted by atomic mass is 9.88. The van der Waals surface area contributed by atoms with Gasteiger partial charge in [-0.15, -0.1) is 0 Å². The van der Waals surface area contributed by atoms with Gasteiger partial charge in [-0.3, -0.25) is 4.79 Å². The first-order valence-corrected chi connectivity index (χ1v) is 7.09. The third kappa shape index (κ3) is 3.47. The van der Waals surface area contributed by atoms with E-state index in [0.29, 0.717) is 0 Å². The highest BCUT2D eigenvalue weighted by molar-refractivity contribution is 5.79. The van der Waals surface area contributed by atoms with Gasteiger partial charge in [-0.25, -0.2) is 0 Å². The molecule has 0 radical (unpaired) electrons. The Hall–Kier alpha value is -2.09. The van der Waals surface area contributed by atoms with Gasteiger partial charge < -0.3 is 5.32 Å². The molecule has 104 valence electrons. The van der Waals surface area contributed by atoms with Gasteiger partial charge in [0.2, 0.25) is 0 Å². The molecular formula is C18H21NO. The first-order valence-electron chi connectivity index (χ1n) is 7.09. The summed E-state index contributed by atoms with van der Waals surface area (Å²) in [6.45, 7) is 3.74. The number of hydrogen-bond donors (Lipinski definition) is 1. The molecule has 20 heavy (non-hydrogen) atoms. The second-order valence-corrected chi connectivity index (χ2v) is 5.02. The lowest BCUT2D eigenvalue weighted by molar-refractivity contribution is -0.121. The van der Waals surface area contributed by atoms with Gasteiger partial charge in [0.1, 0.15) is 5.78 Å². The number of nitrogens with one attached hydrogen (secondary N) is 1. The van der Waals surface area contributed by atoms with E-state index in [1.54, 1.807) is 6.92 Å². The SMILES string of the molecule is CC[C@@H](C(C)=O)[C@H](Nc1ccccc1)c1ccccc1. The van der Waals surface area contributed by atoms with Crippen LogP contribution in [0.15, 0.2) is 60.7 Å². The van der Waals surface area contributed by atoms with Crippen LogP contribution in [0.3, 0.4) is 0 Å². The number of ketones is 1. The minimum atomic E-state index is -0.0161. The van der Waals surface area contributed by atoms with Crippen LogP contribution in [-0.2, 0) is 4.79 Å². The summed E-state index contributed by atoms with van der Waals surface area (Å²) in [5.41, 5.74) is 2.19. The van der Waals surface area contributed by atoms with Crippen LogP contribution in [0.25, 0.3) is 0 Å². The molecule has 2 nitrogen and oxygen atoms in total. The summed E-state index contributed by atoms with van der Waals surface area (Å²) in [7, 11) is 0. The Kier molecular flexibility index (Phi) is 4.94. The van der Waals surface area contributed by atoms with Crippen molar-refractivity contribution in [3.63, 3.8) is 0 Å². The quantitative estimate of drug-likeness (QED) is 0.837. The number of carbonyl (C=O) groups is 1. The lowest BCUT2D eigenvalue weighted by Crippen LogP contribution is -2.25. The van der Waals surface area contributed by atoms with Crippen molar-refractivity contribution in [1.29, 1.82) is 0 Å². The van der Waals surface area contributed by atoms with Crippen molar-refractivity contribution in [2.24, 2.45) is 5.92 Å². The average molecular weight is 267 g/mol. The van der Waals surface area contributed by atoms with Gasteiger partial charge in [0.25, 0.3) is 0 Å². The highest BCUT2D eigenvalue weighted by Crippen LogP contribution is 2.29. The fourth-order valence-electron chi connectivity index (χ4n) is 2.55. The fraction of sp³-hybridized carbons (Fsp3) is 0.278. The Morgan fingerprint density at radius 2 is 1.55 bits per heavy atom. The lowest BCUT2D eigenvalue weighted by Gasteiger charge is -2.27. The molecule has 0 saturated heterocycles. The second-order valence-electron chi connectivity index (χ2n) is 5.02.